The SMILES string of the molecule is CC(C)OPC(C)(C)O[C@H](F)N=[N+]=[N-]. The molecule has 1 unspecified atom stereocenters. The number of hydrogen-bond acceptors (Lipinski definition) is 3. The molecular weight excluding hydrogens is 208 g/mol. The molecule has 0 rings (SSSR count). The van der Waals surface area contributed by atoms with Crippen LogP contribution in [0.15, 0.2) is 5.11 Å². The van der Waals surface area contributed by atoms with Crippen molar-refractivity contribution in [3.8, 4) is 0 Å². The van der Waals surface area contributed by atoms with Crippen LogP contribution in [0.25, 0.3) is 10.4 Å². The van der Waals surface area contributed by atoms with E-state index >= 15 is 0 Å². The molecule has 0 saturated carbocycles. The molecule has 0 aliphatic carbocycles. The molecule has 0 fully saturated rings. The van der Waals surface area contributed by atoms with Gasteiger partial charge in [0.25, 0.3) is 6.48 Å². The van der Waals surface area contributed by atoms with E-state index in [1.807, 2.05) is 13.8 Å². The van der Waals surface area contributed by atoms with Crippen molar-refractivity contribution in [1.29, 1.82) is 0 Å². The van der Waals surface area contributed by atoms with Crippen LogP contribution in [0.2, 0.25) is 0 Å². The predicted octanol–water partition coefficient (Wildman–Crippen LogP) is 3.32. The second-order valence-electron chi connectivity index (χ2n) is 3.39. The molecule has 0 heterocycles. The van der Waals surface area contributed by atoms with Crippen molar-refractivity contribution >= 4 is 8.81 Å². The van der Waals surface area contributed by atoms with Gasteiger partial charge in [-0.1, -0.05) is 0 Å². The van der Waals surface area contributed by atoms with E-state index in [0.717, 1.165) is 0 Å². The van der Waals surface area contributed by atoms with Crippen LogP contribution in [0.1, 0.15) is 27.7 Å². The molecule has 0 saturated heterocycles. The number of alkyl halides is 1. The van der Waals surface area contributed by atoms with Gasteiger partial charge in [0.1, 0.15) is 5.34 Å². The van der Waals surface area contributed by atoms with Crippen molar-refractivity contribution in [2.45, 2.75) is 45.6 Å². The highest BCUT2D eigenvalue weighted by molar-refractivity contribution is 7.34. The fourth-order valence-corrected chi connectivity index (χ4v) is 1.26. The molecule has 5 nitrogen and oxygen atoms in total. The summed E-state index contributed by atoms with van der Waals surface area (Å²) < 4.78 is 22.8. The Kier molecular flexibility index (Phi) is 5.96. The van der Waals surface area contributed by atoms with E-state index in [0.29, 0.717) is 0 Å². The summed E-state index contributed by atoms with van der Waals surface area (Å²) in [5.41, 5.74) is 7.96. The molecule has 0 aliphatic rings. The monoisotopic (exact) mass is 223 g/mol. The number of azide groups is 1. The van der Waals surface area contributed by atoms with Crippen LogP contribution in [0.5, 0.6) is 0 Å². The lowest BCUT2D eigenvalue weighted by Crippen LogP contribution is -2.23. The molecule has 14 heavy (non-hydrogen) atoms. The molecule has 0 aliphatic heterocycles. The van der Waals surface area contributed by atoms with E-state index in [2.05, 4.69) is 10.0 Å². The first kappa shape index (κ1) is 13.6. The summed E-state index contributed by atoms with van der Waals surface area (Å²) >= 11 is 0. The van der Waals surface area contributed by atoms with E-state index in [1.54, 1.807) is 13.8 Å². The normalized spacial score (nSPS) is 14.7. The quantitative estimate of drug-likeness (QED) is 0.228. The van der Waals surface area contributed by atoms with Crippen molar-refractivity contribution in [1.82, 2.24) is 0 Å². The number of nitrogens with zero attached hydrogens (tertiary/aromatic N) is 3. The van der Waals surface area contributed by atoms with E-state index < -0.39 is 11.8 Å². The van der Waals surface area contributed by atoms with Gasteiger partial charge >= 0.3 is 0 Å². The molecule has 0 bridgehead atoms. The Morgan fingerprint density at radius 2 is 2.07 bits per heavy atom. The zero-order valence-corrected chi connectivity index (χ0v) is 9.69. The molecule has 0 amide bonds. The fraction of sp³-hybridized carbons (Fsp3) is 1.00. The lowest BCUT2D eigenvalue weighted by Gasteiger charge is -2.26. The molecule has 0 aromatic carbocycles. The predicted molar refractivity (Wildman–Crippen MR) is 53.7 cm³/mol. The molecule has 0 radical (unpaired) electrons. The average Bonchev–Trinajstić information content (AvgIpc) is 2.00. The molecule has 82 valence electrons. The van der Waals surface area contributed by atoms with Crippen LogP contribution >= 0.6 is 8.81 Å². The second-order valence-corrected chi connectivity index (χ2v) is 5.04. The third-order valence-electron chi connectivity index (χ3n) is 1.07. The Bertz CT molecular complexity index is 219. The third-order valence-corrected chi connectivity index (χ3v) is 2.27. The summed E-state index contributed by atoms with van der Waals surface area (Å²) in [5, 5.41) is 2.00. The maximum atomic E-state index is 12.7. The van der Waals surface area contributed by atoms with Gasteiger partial charge in [-0.2, -0.15) is 0 Å². The highest BCUT2D eigenvalue weighted by Gasteiger charge is 2.24. The van der Waals surface area contributed by atoms with Crippen molar-refractivity contribution in [2.24, 2.45) is 5.11 Å². The van der Waals surface area contributed by atoms with Gasteiger partial charge in [0, 0.05) is 13.7 Å². The minimum Gasteiger partial charge on any atom is -0.357 e. The number of rotatable bonds is 6. The van der Waals surface area contributed by atoms with E-state index in [-0.39, 0.29) is 14.9 Å². The summed E-state index contributed by atoms with van der Waals surface area (Å²) in [6, 6.07) is 0. The van der Waals surface area contributed by atoms with Gasteiger partial charge in [-0.05, 0) is 38.3 Å². The topological polar surface area (TPSA) is 67.2 Å². The summed E-state index contributed by atoms with van der Waals surface area (Å²) in [6.45, 7) is 5.14. The number of ether oxygens (including phenoxy) is 1. The highest BCUT2D eigenvalue weighted by atomic mass is 31.1. The molecule has 0 aromatic rings. The molecule has 0 N–H and O–H groups in total. The molecule has 7 heteroatoms. The Morgan fingerprint density at radius 1 is 1.50 bits per heavy atom. The average molecular weight is 223 g/mol. The van der Waals surface area contributed by atoms with Crippen molar-refractivity contribution in [3.63, 3.8) is 0 Å². The van der Waals surface area contributed by atoms with Gasteiger partial charge < -0.3 is 9.26 Å². The number of hydrogen-bond donors (Lipinski definition) is 0. The zero-order chi connectivity index (χ0) is 11.2. The molecular formula is C7H15FN3O2P. The van der Waals surface area contributed by atoms with Crippen LogP contribution in [0.4, 0.5) is 4.39 Å². The molecule has 2 atom stereocenters. The van der Waals surface area contributed by atoms with E-state index in [4.69, 9.17) is 14.8 Å². The first-order chi connectivity index (χ1) is 6.37. The van der Waals surface area contributed by atoms with Crippen molar-refractivity contribution in [3.05, 3.63) is 10.4 Å². The summed E-state index contributed by atoms with van der Waals surface area (Å²) in [5.74, 6) is 0. The van der Waals surface area contributed by atoms with Crippen molar-refractivity contribution in [2.75, 3.05) is 0 Å². The fourth-order valence-electron chi connectivity index (χ4n) is 0.591. The van der Waals surface area contributed by atoms with Crippen LogP contribution in [-0.2, 0) is 9.26 Å². The lowest BCUT2D eigenvalue weighted by molar-refractivity contribution is -0.0884. The number of halogens is 1. The Morgan fingerprint density at radius 3 is 2.50 bits per heavy atom. The molecule has 0 spiro atoms. The Hall–Kier alpha value is -0.410. The maximum absolute atomic E-state index is 12.7. The smallest absolute Gasteiger partial charge is 0.279 e. The zero-order valence-electron chi connectivity index (χ0n) is 8.69. The first-order valence-electron chi connectivity index (χ1n) is 4.16. The van der Waals surface area contributed by atoms with Gasteiger partial charge in [-0.3, -0.25) is 0 Å². The van der Waals surface area contributed by atoms with Crippen LogP contribution in [-0.4, -0.2) is 17.9 Å². The van der Waals surface area contributed by atoms with E-state index in [9.17, 15) is 4.39 Å². The van der Waals surface area contributed by atoms with Gasteiger partial charge in [-0.15, -0.1) is 0 Å². The van der Waals surface area contributed by atoms with Gasteiger partial charge in [0.05, 0.1) is 6.10 Å². The molecule has 0 aromatic heterocycles. The van der Waals surface area contributed by atoms with Gasteiger partial charge in [0.15, 0.2) is 0 Å². The minimum absolute atomic E-state index is 0.00903. The van der Waals surface area contributed by atoms with Crippen LogP contribution in [0, 0.1) is 0 Å². The van der Waals surface area contributed by atoms with Gasteiger partial charge in [0.2, 0.25) is 0 Å². The van der Waals surface area contributed by atoms with Crippen molar-refractivity contribution < 1.29 is 13.7 Å². The van der Waals surface area contributed by atoms with Crippen LogP contribution in [0.3, 0.4) is 0 Å². The summed E-state index contributed by atoms with van der Waals surface area (Å²) in [6.07, 6.45) is 0.0636. The van der Waals surface area contributed by atoms with Crippen LogP contribution < -0.4 is 0 Å². The summed E-state index contributed by atoms with van der Waals surface area (Å²) in [4.78, 5) is 2.30. The third kappa shape index (κ3) is 7.04. The van der Waals surface area contributed by atoms with E-state index in [1.165, 1.54) is 0 Å². The largest absolute Gasteiger partial charge is 0.357 e. The highest BCUT2D eigenvalue weighted by Crippen LogP contribution is 2.35. The first-order valence-corrected chi connectivity index (χ1v) is 5.07. The standard InChI is InChI=1S/C7H15FN3O2P/c1-5(2)13-14-7(3,4)12-6(8)10-11-9/h5-6,14H,1-4H3/t6-/m1/s1. The maximum Gasteiger partial charge on any atom is 0.279 e. The second kappa shape index (κ2) is 6.14. The Labute approximate surface area is 84.5 Å². The summed E-state index contributed by atoms with van der Waals surface area (Å²) in [7, 11) is -0.00903. The van der Waals surface area contributed by atoms with Gasteiger partial charge in [-0.25, -0.2) is 4.39 Å². The lowest BCUT2D eigenvalue weighted by atomic mass is 10.5. The Balaban J connectivity index is 3.99. The minimum atomic E-state index is -1.96.